The van der Waals surface area contributed by atoms with E-state index in [1.165, 1.54) is 42.6 Å². The molecule has 0 bridgehead atoms. The van der Waals surface area contributed by atoms with Crippen LogP contribution in [0.25, 0.3) is 0 Å². The molecule has 1 amide bonds. The van der Waals surface area contributed by atoms with Crippen molar-refractivity contribution >= 4 is 17.4 Å². The Morgan fingerprint density at radius 3 is 2.87 bits per heavy atom. The molecule has 0 saturated heterocycles. The Morgan fingerprint density at radius 1 is 1.35 bits per heavy atom. The highest BCUT2D eigenvalue weighted by molar-refractivity contribution is 6.47. The van der Waals surface area contributed by atoms with Crippen LogP contribution in [0, 0.1) is 17.1 Å². The molecule has 0 radical (unpaired) electrons. The number of aliphatic imine (C=N–C) groups is 1. The van der Waals surface area contributed by atoms with E-state index in [4.69, 9.17) is 0 Å². The van der Waals surface area contributed by atoms with E-state index in [0.29, 0.717) is 22.6 Å². The molecule has 31 heavy (non-hydrogen) atoms. The number of benzene rings is 1. The summed E-state index contributed by atoms with van der Waals surface area (Å²) in [5.41, 5.74) is 1.76. The van der Waals surface area contributed by atoms with Gasteiger partial charge in [-0.3, -0.25) is 9.79 Å². The summed E-state index contributed by atoms with van der Waals surface area (Å²) in [6.07, 6.45) is 2.39. The standard InChI is InChI=1S/C21H19FN6O3/c1-28(9-12-6-13(22)3-2-11(12)7-23)21(31)18-17-15(8-24-18)25-10-26-20(17)27-14-4-5-16(29)19(14)30/h2-6,10,14,16,19,29-30H,8-9H2,1H3,(H,25,26,27)/t14-,16-,19+/m1/s1. The van der Waals surface area contributed by atoms with Gasteiger partial charge in [-0.1, -0.05) is 12.2 Å². The van der Waals surface area contributed by atoms with Crippen molar-refractivity contribution in [2.45, 2.75) is 31.3 Å². The second kappa shape index (κ2) is 8.22. The quantitative estimate of drug-likeness (QED) is 0.598. The van der Waals surface area contributed by atoms with Crippen molar-refractivity contribution in [1.82, 2.24) is 14.9 Å². The first-order valence-electron chi connectivity index (χ1n) is 9.52. The van der Waals surface area contributed by atoms with Crippen LogP contribution in [0.3, 0.4) is 0 Å². The average Bonchev–Trinajstić information content (AvgIpc) is 3.33. The highest BCUT2D eigenvalue weighted by Gasteiger charge is 2.33. The maximum atomic E-state index is 13.6. The molecule has 2 heterocycles. The summed E-state index contributed by atoms with van der Waals surface area (Å²) in [5, 5.41) is 32.1. The van der Waals surface area contributed by atoms with Gasteiger partial charge in [0.15, 0.2) is 0 Å². The maximum absolute atomic E-state index is 13.6. The molecule has 1 aromatic carbocycles. The van der Waals surface area contributed by atoms with Crippen molar-refractivity contribution < 1.29 is 19.4 Å². The van der Waals surface area contributed by atoms with Crippen LogP contribution in [0.4, 0.5) is 10.2 Å². The van der Waals surface area contributed by atoms with Crippen molar-refractivity contribution in [3.63, 3.8) is 0 Å². The highest BCUT2D eigenvalue weighted by Crippen LogP contribution is 2.27. The number of carbonyl (C=O) groups is 1. The number of hydrogen-bond donors (Lipinski definition) is 3. The summed E-state index contributed by atoms with van der Waals surface area (Å²) in [7, 11) is 1.53. The number of aliphatic hydroxyl groups is 2. The minimum Gasteiger partial charge on any atom is -0.388 e. The molecule has 1 aliphatic heterocycles. The Hall–Kier alpha value is -3.68. The third kappa shape index (κ3) is 3.88. The van der Waals surface area contributed by atoms with Crippen LogP contribution in [0.2, 0.25) is 0 Å². The summed E-state index contributed by atoms with van der Waals surface area (Å²) in [6.45, 7) is 0.205. The SMILES string of the molecule is CN(Cc1cc(F)ccc1C#N)C(=O)C1=NCc2ncnc(N[C@@H]3C=C[C@@H](O)[C@H]3O)c21. The van der Waals surface area contributed by atoms with E-state index >= 15 is 0 Å². The molecular formula is C21H19FN6O3. The third-order valence-electron chi connectivity index (χ3n) is 5.23. The van der Waals surface area contributed by atoms with E-state index in [0.717, 1.165) is 0 Å². The van der Waals surface area contributed by atoms with Crippen molar-refractivity contribution in [3.8, 4) is 6.07 Å². The molecule has 1 aliphatic carbocycles. The van der Waals surface area contributed by atoms with Gasteiger partial charge in [0.25, 0.3) is 5.91 Å². The maximum Gasteiger partial charge on any atom is 0.272 e. The molecule has 0 unspecified atom stereocenters. The second-order valence-electron chi connectivity index (χ2n) is 7.32. The number of carbonyl (C=O) groups excluding carboxylic acids is 1. The zero-order valence-electron chi connectivity index (χ0n) is 16.5. The van der Waals surface area contributed by atoms with Gasteiger partial charge in [-0.15, -0.1) is 0 Å². The number of nitrogens with one attached hydrogen (secondary N) is 1. The summed E-state index contributed by atoms with van der Waals surface area (Å²) in [4.78, 5) is 27.2. The van der Waals surface area contributed by atoms with Crippen molar-refractivity contribution in [1.29, 1.82) is 5.26 Å². The smallest absolute Gasteiger partial charge is 0.272 e. The summed E-state index contributed by atoms with van der Waals surface area (Å²) in [6, 6.07) is 5.19. The van der Waals surface area contributed by atoms with Crippen molar-refractivity contribution in [3.05, 3.63) is 64.9 Å². The number of likely N-dealkylation sites (N-methyl/N-ethyl adjacent to an activating group) is 1. The first-order chi connectivity index (χ1) is 14.9. The predicted molar refractivity (Wildman–Crippen MR) is 108 cm³/mol. The van der Waals surface area contributed by atoms with Crippen LogP contribution in [0.15, 0.2) is 41.7 Å². The van der Waals surface area contributed by atoms with E-state index in [1.54, 1.807) is 6.08 Å². The normalized spacial score (nSPS) is 21.4. The molecule has 3 N–H and O–H groups in total. The van der Waals surface area contributed by atoms with Gasteiger partial charge in [-0.05, 0) is 23.8 Å². The second-order valence-corrected chi connectivity index (χ2v) is 7.32. The molecule has 10 heteroatoms. The fourth-order valence-corrected chi connectivity index (χ4v) is 3.58. The number of aromatic nitrogens is 2. The third-order valence-corrected chi connectivity index (χ3v) is 5.23. The van der Waals surface area contributed by atoms with Gasteiger partial charge >= 0.3 is 0 Å². The number of anilines is 1. The largest absolute Gasteiger partial charge is 0.388 e. The molecule has 2 aromatic rings. The number of aliphatic hydroxyl groups excluding tert-OH is 2. The van der Waals surface area contributed by atoms with Crippen LogP contribution in [-0.2, 0) is 17.9 Å². The van der Waals surface area contributed by atoms with E-state index in [1.807, 2.05) is 6.07 Å². The molecule has 3 atom stereocenters. The van der Waals surface area contributed by atoms with E-state index in [-0.39, 0.29) is 24.4 Å². The molecule has 2 aliphatic rings. The lowest BCUT2D eigenvalue weighted by molar-refractivity contribution is -0.123. The zero-order chi connectivity index (χ0) is 22.1. The van der Waals surface area contributed by atoms with Crippen molar-refractivity contribution in [2.24, 2.45) is 4.99 Å². The van der Waals surface area contributed by atoms with Crippen LogP contribution in [-0.4, -0.2) is 62.0 Å². The first kappa shape index (κ1) is 20.6. The predicted octanol–water partition coefficient (Wildman–Crippen LogP) is 0.521. The van der Waals surface area contributed by atoms with Gasteiger partial charge in [-0.2, -0.15) is 5.26 Å². The topological polar surface area (TPSA) is 135 Å². The number of nitriles is 1. The zero-order valence-corrected chi connectivity index (χ0v) is 16.5. The van der Waals surface area contributed by atoms with Crippen molar-refractivity contribution in [2.75, 3.05) is 12.4 Å². The molecule has 1 aromatic heterocycles. The highest BCUT2D eigenvalue weighted by atomic mass is 19.1. The first-order valence-corrected chi connectivity index (χ1v) is 9.52. The van der Waals surface area contributed by atoms with Gasteiger partial charge in [0, 0.05) is 13.6 Å². The summed E-state index contributed by atoms with van der Waals surface area (Å²) < 4.78 is 13.6. The number of nitrogens with zero attached hydrogens (tertiary/aromatic N) is 5. The van der Waals surface area contributed by atoms with Gasteiger partial charge in [0.2, 0.25) is 0 Å². The van der Waals surface area contributed by atoms with Crippen LogP contribution >= 0.6 is 0 Å². The molecular weight excluding hydrogens is 403 g/mol. The number of amides is 1. The lowest BCUT2D eigenvalue weighted by Crippen LogP contribution is -2.37. The van der Waals surface area contributed by atoms with Crippen LogP contribution in [0.5, 0.6) is 0 Å². The number of halogens is 1. The Labute approximate surface area is 177 Å². The number of hydrogen-bond acceptors (Lipinski definition) is 8. The minimum absolute atomic E-state index is 0.0144. The minimum atomic E-state index is -1.05. The summed E-state index contributed by atoms with van der Waals surface area (Å²) >= 11 is 0. The molecule has 158 valence electrons. The average molecular weight is 422 g/mol. The van der Waals surface area contributed by atoms with E-state index in [2.05, 4.69) is 20.3 Å². The molecule has 0 saturated carbocycles. The molecule has 4 rings (SSSR count). The number of rotatable bonds is 5. The van der Waals surface area contributed by atoms with E-state index < -0.39 is 30.0 Å². The van der Waals surface area contributed by atoms with Crippen LogP contribution in [0.1, 0.15) is 22.4 Å². The molecule has 9 nitrogen and oxygen atoms in total. The number of fused-ring (bicyclic) bond motifs is 1. The lowest BCUT2D eigenvalue weighted by atomic mass is 10.1. The van der Waals surface area contributed by atoms with Crippen LogP contribution < -0.4 is 5.32 Å². The van der Waals surface area contributed by atoms with Gasteiger partial charge < -0.3 is 20.4 Å². The van der Waals surface area contributed by atoms with Gasteiger partial charge in [0.1, 0.15) is 35.9 Å². The lowest BCUT2D eigenvalue weighted by Gasteiger charge is -2.21. The Balaban J connectivity index is 1.58. The molecule has 0 fully saturated rings. The monoisotopic (exact) mass is 422 g/mol. The molecule has 0 spiro atoms. The van der Waals surface area contributed by atoms with Gasteiger partial charge in [0.05, 0.1) is 35.5 Å². The van der Waals surface area contributed by atoms with Gasteiger partial charge in [-0.25, -0.2) is 14.4 Å². The fourth-order valence-electron chi connectivity index (χ4n) is 3.58. The van der Waals surface area contributed by atoms with E-state index in [9.17, 15) is 24.7 Å². The Kier molecular flexibility index (Phi) is 5.46. The Bertz CT molecular complexity index is 1140. The fraction of sp³-hybridized carbons (Fsp3) is 0.286. The Morgan fingerprint density at radius 2 is 2.16 bits per heavy atom. The summed E-state index contributed by atoms with van der Waals surface area (Å²) in [5.74, 6) is -0.620.